The zero-order valence-corrected chi connectivity index (χ0v) is 12.4. The van der Waals surface area contributed by atoms with Crippen molar-refractivity contribution in [3.63, 3.8) is 0 Å². The van der Waals surface area contributed by atoms with Crippen LogP contribution in [0.1, 0.15) is 18.4 Å². The van der Waals surface area contributed by atoms with Gasteiger partial charge in [0, 0.05) is 18.6 Å². The van der Waals surface area contributed by atoms with E-state index in [2.05, 4.69) is 5.32 Å². The highest BCUT2D eigenvalue weighted by atomic mass is 16.3. The maximum atomic E-state index is 12.3. The minimum absolute atomic E-state index is 0.0309. The molecule has 0 bridgehead atoms. The van der Waals surface area contributed by atoms with E-state index in [1.807, 2.05) is 42.5 Å². The maximum Gasteiger partial charge on any atom is 0.224 e. The summed E-state index contributed by atoms with van der Waals surface area (Å²) in [6.45, 7) is -0.0309. The molecular formula is C18H21NO3. The van der Waals surface area contributed by atoms with Crippen molar-refractivity contribution in [3.8, 4) is 0 Å². The summed E-state index contributed by atoms with van der Waals surface area (Å²) in [6.07, 6.45) is 0.969. The molecule has 4 nitrogen and oxygen atoms in total. The molecule has 2 aromatic rings. The number of fused-ring (bicyclic) bond motifs is 1. The van der Waals surface area contributed by atoms with Crippen molar-refractivity contribution in [1.29, 1.82) is 0 Å². The predicted octanol–water partition coefficient (Wildman–Crippen LogP) is 1.63. The zero-order chi connectivity index (χ0) is 15.5. The normalized spacial score (nSPS) is 24.5. The summed E-state index contributed by atoms with van der Waals surface area (Å²) < 4.78 is 0. The van der Waals surface area contributed by atoms with E-state index in [1.54, 1.807) is 0 Å². The molecule has 4 heteroatoms. The van der Waals surface area contributed by atoms with E-state index in [9.17, 15) is 9.90 Å². The fourth-order valence-electron chi connectivity index (χ4n) is 3.32. The van der Waals surface area contributed by atoms with Gasteiger partial charge in [-0.25, -0.2) is 0 Å². The highest BCUT2D eigenvalue weighted by Gasteiger charge is 2.33. The van der Waals surface area contributed by atoms with Crippen LogP contribution in [0.3, 0.4) is 0 Å². The second-order valence-electron chi connectivity index (χ2n) is 6.06. The standard InChI is InChI=1S/C18H21NO3/c20-11-14-8-15(10-17(14)21)19-18(22)9-13-6-3-5-12-4-1-2-7-16(12)13/h1-7,14-15,17,20-21H,8-11H2,(H,19,22)/t14-,15-,17-/m0/s1. The van der Waals surface area contributed by atoms with E-state index >= 15 is 0 Å². The van der Waals surface area contributed by atoms with Crippen LogP contribution in [0, 0.1) is 5.92 Å². The minimum Gasteiger partial charge on any atom is -0.396 e. The Morgan fingerprint density at radius 3 is 2.68 bits per heavy atom. The number of aliphatic hydroxyl groups excluding tert-OH is 2. The Kier molecular flexibility index (Phi) is 4.41. The molecule has 3 N–H and O–H groups in total. The van der Waals surface area contributed by atoms with E-state index in [-0.39, 0.29) is 24.5 Å². The molecule has 0 heterocycles. The Labute approximate surface area is 129 Å². The number of nitrogens with one attached hydrogen (secondary N) is 1. The predicted molar refractivity (Wildman–Crippen MR) is 85.4 cm³/mol. The van der Waals surface area contributed by atoms with Crippen LogP contribution in [0.4, 0.5) is 0 Å². The summed E-state index contributed by atoms with van der Waals surface area (Å²) in [4.78, 5) is 12.3. The summed E-state index contributed by atoms with van der Waals surface area (Å²) >= 11 is 0. The molecule has 3 rings (SSSR count). The number of rotatable bonds is 4. The SMILES string of the molecule is O=C(Cc1cccc2ccccc12)N[C@H]1C[C@@H](CO)[C@@H](O)C1. The van der Waals surface area contributed by atoms with Crippen molar-refractivity contribution in [2.24, 2.45) is 5.92 Å². The van der Waals surface area contributed by atoms with Crippen LogP contribution in [0.2, 0.25) is 0 Å². The second-order valence-corrected chi connectivity index (χ2v) is 6.06. The van der Waals surface area contributed by atoms with E-state index in [0.29, 0.717) is 19.3 Å². The average Bonchev–Trinajstić information content (AvgIpc) is 2.87. The summed E-state index contributed by atoms with van der Waals surface area (Å²) in [5.41, 5.74) is 1.01. The van der Waals surface area contributed by atoms with Crippen molar-refractivity contribution in [2.75, 3.05) is 6.61 Å². The largest absolute Gasteiger partial charge is 0.396 e. The molecule has 22 heavy (non-hydrogen) atoms. The number of aliphatic hydroxyl groups is 2. The van der Waals surface area contributed by atoms with Gasteiger partial charge >= 0.3 is 0 Å². The first-order valence-electron chi connectivity index (χ1n) is 7.72. The molecule has 1 saturated carbocycles. The van der Waals surface area contributed by atoms with Gasteiger partial charge in [0.05, 0.1) is 12.5 Å². The fraction of sp³-hybridized carbons (Fsp3) is 0.389. The summed E-state index contributed by atoms with van der Waals surface area (Å²) in [5.74, 6) is -0.157. The number of amides is 1. The van der Waals surface area contributed by atoms with E-state index in [1.165, 1.54) is 0 Å². The number of carbonyl (C=O) groups excluding carboxylic acids is 1. The monoisotopic (exact) mass is 299 g/mol. The topological polar surface area (TPSA) is 69.6 Å². The lowest BCUT2D eigenvalue weighted by molar-refractivity contribution is -0.121. The van der Waals surface area contributed by atoms with E-state index in [4.69, 9.17) is 5.11 Å². The molecule has 1 aliphatic carbocycles. The van der Waals surface area contributed by atoms with Gasteiger partial charge in [-0.2, -0.15) is 0 Å². The lowest BCUT2D eigenvalue weighted by Crippen LogP contribution is -2.34. The van der Waals surface area contributed by atoms with Gasteiger partial charge in [-0.1, -0.05) is 42.5 Å². The second kappa shape index (κ2) is 6.46. The van der Waals surface area contributed by atoms with Crippen LogP contribution in [0.15, 0.2) is 42.5 Å². The van der Waals surface area contributed by atoms with Gasteiger partial charge in [0.2, 0.25) is 5.91 Å². The first-order valence-corrected chi connectivity index (χ1v) is 7.72. The number of hydrogen-bond acceptors (Lipinski definition) is 3. The van der Waals surface area contributed by atoms with Crippen LogP contribution in [-0.2, 0) is 11.2 Å². The Morgan fingerprint density at radius 1 is 1.14 bits per heavy atom. The molecule has 2 aromatic carbocycles. The van der Waals surface area contributed by atoms with Gasteiger partial charge in [0.1, 0.15) is 0 Å². The third-order valence-electron chi connectivity index (χ3n) is 4.49. The van der Waals surface area contributed by atoms with E-state index < -0.39 is 6.10 Å². The smallest absolute Gasteiger partial charge is 0.224 e. The Balaban J connectivity index is 1.67. The summed E-state index contributed by atoms with van der Waals surface area (Å²) in [7, 11) is 0. The molecular weight excluding hydrogens is 278 g/mol. The van der Waals surface area contributed by atoms with Crippen molar-refractivity contribution < 1.29 is 15.0 Å². The third kappa shape index (κ3) is 3.13. The zero-order valence-electron chi connectivity index (χ0n) is 12.4. The fourth-order valence-corrected chi connectivity index (χ4v) is 3.32. The van der Waals surface area contributed by atoms with Gasteiger partial charge in [-0.05, 0) is 29.2 Å². The number of carbonyl (C=O) groups is 1. The van der Waals surface area contributed by atoms with Gasteiger partial charge in [-0.15, -0.1) is 0 Å². The molecule has 0 radical (unpaired) electrons. The molecule has 0 aliphatic heterocycles. The van der Waals surface area contributed by atoms with Crippen LogP contribution >= 0.6 is 0 Å². The molecule has 0 aromatic heterocycles. The lowest BCUT2D eigenvalue weighted by atomic mass is 10.0. The molecule has 1 amide bonds. The first-order chi connectivity index (χ1) is 10.7. The number of benzene rings is 2. The van der Waals surface area contributed by atoms with Gasteiger partial charge in [-0.3, -0.25) is 4.79 Å². The van der Waals surface area contributed by atoms with Crippen molar-refractivity contribution >= 4 is 16.7 Å². The highest BCUT2D eigenvalue weighted by molar-refractivity contribution is 5.90. The summed E-state index contributed by atoms with van der Waals surface area (Å²) in [6, 6.07) is 14.0. The molecule has 0 saturated heterocycles. The molecule has 116 valence electrons. The molecule has 0 unspecified atom stereocenters. The van der Waals surface area contributed by atoms with Crippen molar-refractivity contribution in [1.82, 2.24) is 5.32 Å². The Hall–Kier alpha value is -1.91. The highest BCUT2D eigenvalue weighted by Crippen LogP contribution is 2.26. The van der Waals surface area contributed by atoms with E-state index in [0.717, 1.165) is 16.3 Å². The van der Waals surface area contributed by atoms with Crippen LogP contribution in [0.25, 0.3) is 10.8 Å². The maximum absolute atomic E-state index is 12.3. The van der Waals surface area contributed by atoms with Gasteiger partial charge < -0.3 is 15.5 Å². The van der Waals surface area contributed by atoms with Gasteiger partial charge in [0.25, 0.3) is 0 Å². The minimum atomic E-state index is -0.521. The lowest BCUT2D eigenvalue weighted by Gasteiger charge is -2.13. The molecule has 3 atom stereocenters. The van der Waals surface area contributed by atoms with Crippen LogP contribution in [-0.4, -0.2) is 34.9 Å². The first kappa shape index (κ1) is 15.0. The summed E-state index contributed by atoms with van der Waals surface area (Å²) in [5, 5.41) is 24.2. The Bertz CT molecular complexity index is 665. The molecule has 0 spiro atoms. The third-order valence-corrected chi connectivity index (χ3v) is 4.49. The average molecular weight is 299 g/mol. The van der Waals surface area contributed by atoms with Crippen molar-refractivity contribution in [2.45, 2.75) is 31.4 Å². The van der Waals surface area contributed by atoms with Crippen molar-refractivity contribution in [3.05, 3.63) is 48.0 Å². The molecule has 1 fully saturated rings. The van der Waals surface area contributed by atoms with Gasteiger partial charge in [0.15, 0.2) is 0 Å². The van der Waals surface area contributed by atoms with Crippen LogP contribution in [0.5, 0.6) is 0 Å². The van der Waals surface area contributed by atoms with Crippen LogP contribution < -0.4 is 5.32 Å². The number of hydrogen-bond donors (Lipinski definition) is 3. The molecule has 1 aliphatic rings. The quantitative estimate of drug-likeness (QED) is 0.803. The Morgan fingerprint density at radius 2 is 1.91 bits per heavy atom.